The number of ether oxygens (including phenoxy) is 3. The van der Waals surface area contributed by atoms with Gasteiger partial charge in [-0.2, -0.15) is 0 Å². The standard InChI is InChI=1S/C46H82O4/c1-7-8-9-10-11-12-14-17-30-48-34-39(47)35-49-31-18-15-13-16-19-32-50-40-26-28-45(5)38(33-40)22-23-41-43-25-24-42(37(4)21-20-36(2)3)46(43,6)29-27-44(41)45/h11-12,22,36-37,39-44,47H,7-10,13-21,23-35H2,1-6H3/b12-11-/t37-,39+,40+,41+,42-,43?,44?,45+,46-/m1/s1. The molecule has 2 unspecified atom stereocenters. The minimum Gasteiger partial charge on any atom is -0.388 e. The summed E-state index contributed by atoms with van der Waals surface area (Å²) in [5, 5.41) is 10.1. The molecular weight excluding hydrogens is 617 g/mol. The molecule has 4 aliphatic rings. The summed E-state index contributed by atoms with van der Waals surface area (Å²) in [6.45, 7) is 18.1. The van der Waals surface area contributed by atoms with Gasteiger partial charge < -0.3 is 19.3 Å². The van der Waals surface area contributed by atoms with E-state index in [1.54, 1.807) is 5.57 Å². The average Bonchev–Trinajstić information content (AvgIpc) is 3.46. The normalized spacial score (nSPS) is 32.2. The van der Waals surface area contributed by atoms with Crippen molar-refractivity contribution in [2.45, 2.75) is 189 Å². The topological polar surface area (TPSA) is 47.9 Å². The lowest BCUT2D eigenvalue weighted by Gasteiger charge is -2.58. The zero-order valence-corrected chi connectivity index (χ0v) is 33.9. The van der Waals surface area contributed by atoms with Gasteiger partial charge in [-0.15, -0.1) is 0 Å². The van der Waals surface area contributed by atoms with Crippen molar-refractivity contribution in [3.63, 3.8) is 0 Å². The van der Waals surface area contributed by atoms with Gasteiger partial charge in [-0.1, -0.05) is 110 Å². The monoisotopic (exact) mass is 699 g/mol. The van der Waals surface area contributed by atoms with Gasteiger partial charge in [0.25, 0.3) is 0 Å². The van der Waals surface area contributed by atoms with E-state index in [4.69, 9.17) is 14.2 Å². The molecule has 4 aliphatic carbocycles. The molecule has 3 fully saturated rings. The molecule has 0 aromatic carbocycles. The second-order valence-corrected chi connectivity index (χ2v) is 18.4. The summed E-state index contributed by atoms with van der Waals surface area (Å²) in [4.78, 5) is 0. The highest BCUT2D eigenvalue weighted by Crippen LogP contribution is 2.67. The van der Waals surface area contributed by atoms with Gasteiger partial charge in [-0.3, -0.25) is 0 Å². The Kier molecular flexibility index (Phi) is 18.4. The second kappa shape index (κ2) is 21.9. The lowest BCUT2D eigenvalue weighted by atomic mass is 9.47. The van der Waals surface area contributed by atoms with Crippen LogP contribution in [0, 0.1) is 46.3 Å². The van der Waals surface area contributed by atoms with E-state index in [1.165, 1.54) is 116 Å². The maximum atomic E-state index is 10.1. The van der Waals surface area contributed by atoms with Crippen LogP contribution < -0.4 is 0 Å². The molecule has 0 amide bonds. The molecule has 0 radical (unpaired) electrons. The van der Waals surface area contributed by atoms with Gasteiger partial charge in [0.05, 0.1) is 19.3 Å². The Morgan fingerprint density at radius 3 is 2.22 bits per heavy atom. The highest BCUT2D eigenvalue weighted by Gasteiger charge is 2.59. The van der Waals surface area contributed by atoms with E-state index in [0.717, 1.165) is 68.0 Å². The van der Waals surface area contributed by atoms with Crippen LogP contribution in [0.2, 0.25) is 0 Å². The molecule has 9 atom stereocenters. The van der Waals surface area contributed by atoms with Crippen molar-refractivity contribution < 1.29 is 19.3 Å². The maximum absolute atomic E-state index is 10.1. The Balaban J connectivity index is 1.02. The molecule has 1 N–H and O–H groups in total. The SMILES string of the molecule is CCCCC/C=C\CCCOC[C@H](O)COCCCCCCCO[C@H]1CC[C@@]2(C)C(=CC[C@@H]3C2CC[C@@]2(C)C3CC[C@@H]2[C@H](C)CCC(C)C)C1. The first kappa shape index (κ1) is 42.1. The van der Waals surface area contributed by atoms with Crippen LogP contribution in [0.3, 0.4) is 0 Å². The van der Waals surface area contributed by atoms with Gasteiger partial charge in [0.1, 0.15) is 6.10 Å². The van der Waals surface area contributed by atoms with Gasteiger partial charge in [0, 0.05) is 19.8 Å². The quantitative estimate of drug-likeness (QED) is 0.0761. The van der Waals surface area contributed by atoms with E-state index in [2.05, 4.69) is 59.8 Å². The zero-order chi connectivity index (χ0) is 35.8. The molecule has 0 aliphatic heterocycles. The Labute approximate surface area is 310 Å². The van der Waals surface area contributed by atoms with Crippen molar-refractivity contribution in [2.24, 2.45) is 46.3 Å². The van der Waals surface area contributed by atoms with Crippen LogP contribution in [-0.2, 0) is 14.2 Å². The van der Waals surface area contributed by atoms with Gasteiger partial charge in [-0.25, -0.2) is 0 Å². The summed E-state index contributed by atoms with van der Waals surface area (Å²) in [5.41, 5.74) is 2.76. The molecule has 4 nitrogen and oxygen atoms in total. The number of aliphatic hydroxyl groups excluding tert-OH is 1. The van der Waals surface area contributed by atoms with E-state index in [1.807, 2.05) is 0 Å². The van der Waals surface area contributed by atoms with E-state index >= 15 is 0 Å². The summed E-state index contributed by atoms with van der Waals surface area (Å²) in [6, 6.07) is 0. The van der Waals surface area contributed by atoms with Crippen LogP contribution in [-0.4, -0.2) is 50.3 Å². The fourth-order valence-corrected chi connectivity index (χ4v) is 11.2. The summed E-state index contributed by atoms with van der Waals surface area (Å²) in [6.07, 6.45) is 34.1. The third kappa shape index (κ3) is 12.2. The van der Waals surface area contributed by atoms with Crippen molar-refractivity contribution in [1.82, 2.24) is 0 Å². The Hall–Kier alpha value is -0.680. The van der Waals surface area contributed by atoms with Gasteiger partial charge in [0.2, 0.25) is 0 Å². The smallest absolute Gasteiger partial charge is 0.101 e. The fourth-order valence-electron chi connectivity index (χ4n) is 11.2. The first-order chi connectivity index (χ1) is 24.2. The minimum atomic E-state index is -0.521. The number of hydrogen-bond acceptors (Lipinski definition) is 4. The second-order valence-electron chi connectivity index (χ2n) is 18.4. The molecule has 4 rings (SSSR count). The molecule has 0 spiro atoms. The predicted octanol–water partition coefficient (Wildman–Crippen LogP) is 12.3. The molecule has 50 heavy (non-hydrogen) atoms. The zero-order valence-electron chi connectivity index (χ0n) is 33.9. The minimum absolute atomic E-state index is 0.372. The third-order valence-corrected chi connectivity index (χ3v) is 14.2. The van der Waals surface area contributed by atoms with E-state index in [9.17, 15) is 5.11 Å². The molecule has 0 saturated heterocycles. The predicted molar refractivity (Wildman–Crippen MR) is 211 cm³/mol. The van der Waals surface area contributed by atoms with E-state index < -0.39 is 6.10 Å². The Morgan fingerprint density at radius 2 is 1.48 bits per heavy atom. The van der Waals surface area contributed by atoms with E-state index in [-0.39, 0.29) is 0 Å². The molecule has 3 saturated carbocycles. The summed E-state index contributed by atoms with van der Waals surface area (Å²) >= 11 is 0. The molecule has 0 aromatic heterocycles. The lowest BCUT2D eigenvalue weighted by molar-refractivity contribution is -0.0642. The summed E-state index contributed by atoms with van der Waals surface area (Å²) in [5.74, 6) is 5.43. The van der Waals surface area contributed by atoms with E-state index in [0.29, 0.717) is 36.8 Å². The number of hydrogen-bond donors (Lipinski definition) is 1. The third-order valence-electron chi connectivity index (χ3n) is 14.2. The van der Waals surface area contributed by atoms with Crippen molar-refractivity contribution in [3.8, 4) is 0 Å². The van der Waals surface area contributed by atoms with Crippen molar-refractivity contribution in [1.29, 1.82) is 0 Å². The number of unbranched alkanes of at least 4 members (excludes halogenated alkanes) is 8. The van der Waals surface area contributed by atoms with Gasteiger partial charge in [0.15, 0.2) is 0 Å². The van der Waals surface area contributed by atoms with Crippen molar-refractivity contribution in [2.75, 3.05) is 33.0 Å². The molecule has 0 aromatic rings. The number of fused-ring (bicyclic) bond motifs is 5. The van der Waals surface area contributed by atoms with Crippen LogP contribution >= 0.6 is 0 Å². The van der Waals surface area contributed by atoms with Crippen LogP contribution in [0.15, 0.2) is 23.8 Å². The highest BCUT2D eigenvalue weighted by atomic mass is 16.5. The Bertz CT molecular complexity index is 989. The Morgan fingerprint density at radius 1 is 0.780 bits per heavy atom. The highest BCUT2D eigenvalue weighted by molar-refractivity contribution is 5.25. The number of allylic oxidation sites excluding steroid dienone is 3. The molecule has 0 heterocycles. The van der Waals surface area contributed by atoms with Crippen molar-refractivity contribution >= 4 is 0 Å². The van der Waals surface area contributed by atoms with Gasteiger partial charge in [-0.05, 0) is 136 Å². The molecular formula is C46H82O4. The lowest BCUT2D eigenvalue weighted by Crippen LogP contribution is -2.51. The van der Waals surface area contributed by atoms with Crippen LogP contribution in [0.1, 0.15) is 176 Å². The summed E-state index contributed by atoms with van der Waals surface area (Å²) < 4.78 is 17.9. The summed E-state index contributed by atoms with van der Waals surface area (Å²) in [7, 11) is 0. The van der Waals surface area contributed by atoms with Crippen molar-refractivity contribution in [3.05, 3.63) is 23.8 Å². The number of aliphatic hydroxyl groups is 1. The largest absolute Gasteiger partial charge is 0.388 e. The number of rotatable bonds is 25. The van der Waals surface area contributed by atoms with Crippen LogP contribution in [0.5, 0.6) is 0 Å². The maximum Gasteiger partial charge on any atom is 0.101 e. The van der Waals surface area contributed by atoms with Crippen LogP contribution in [0.4, 0.5) is 0 Å². The first-order valence-electron chi connectivity index (χ1n) is 22.0. The van der Waals surface area contributed by atoms with Gasteiger partial charge >= 0.3 is 0 Å². The van der Waals surface area contributed by atoms with Crippen LogP contribution in [0.25, 0.3) is 0 Å². The fraction of sp³-hybridized carbons (Fsp3) is 0.913. The molecule has 0 bridgehead atoms. The molecule has 4 heteroatoms. The first-order valence-corrected chi connectivity index (χ1v) is 22.0. The average molecular weight is 699 g/mol. The molecule has 290 valence electrons.